The van der Waals surface area contributed by atoms with E-state index in [1.807, 2.05) is 11.8 Å². The second kappa shape index (κ2) is 13.1. The molecule has 0 amide bonds. The monoisotopic (exact) mass is 686 g/mol. The molecule has 5 heterocycles. The Balaban J connectivity index is 1.36. The highest BCUT2D eigenvalue weighted by atomic mass is 19.3. The lowest BCUT2D eigenvalue weighted by Gasteiger charge is -2.43. The topological polar surface area (TPSA) is 95.9 Å². The molecule has 3 aliphatic heterocycles. The van der Waals surface area contributed by atoms with Crippen LogP contribution in [0.3, 0.4) is 0 Å². The first-order valence-electron chi connectivity index (χ1n) is 16.8. The van der Waals surface area contributed by atoms with Gasteiger partial charge in [-0.2, -0.15) is 18.7 Å². The number of anilines is 1. The van der Waals surface area contributed by atoms with Gasteiger partial charge in [0.25, 0.3) is 0 Å². The van der Waals surface area contributed by atoms with Gasteiger partial charge in [0.15, 0.2) is 5.82 Å². The Morgan fingerprint density at radius 2 is 1.96 bits per heavy atom. The summed E-state index contributed by atoms with van der Waals surface area (Å²) in [5.74, 6) is -1.13. The SMILES string of the molecule is CCc1c(F)ccc2cc(O)cc(-c3ncc4c(N5CCN[C@@](CC)(COC(F)F)C5)nc(OC[C@@]56CCCN5C[C@H](F)C6)nc4c3F)c12. The maximum Gasteiger partial charge on any atom is 0.345 e. The predicted molar refractivity (Wildman–Crippen MR) is 175 cm³/mol. The van der Waals surface area contributed by atoms with Gasteiger partial charge in [-0.1, -0.05) is 19.9 Å². The molecule has 4 aromatic rings. The van der Waals surface area contributed by atoms with E-state index in [-0.39, 0.29) is 53.7 Å². The van der Waals surface area contributed by atoms with Crippen molar-refractivity contribution in [2.45, 2.75) is 69.8 Å². The van der Waals surface area contributed by atoms with Gasteiger partial charge in [0, 0.05) is 44.4 Å². The molecular formula is C35H39F5N6O3. The summed E-state index contributed by atoms with van der Waals surface area (Å²) in [6, 6.07) is 5.56. The van der Waals surface area contributed by atoms with E-state index in [1.165, 1.54) is 30.5 Å². The summed E-state index contributed by atoms with van der Waals surface area (Å²) < 4.78 is 83.6. The summed E-state index contributed by atoms with van der Waals surface area (Å²) in [5.41, 5.74) is -1.06. The molecular weight excluding hydrogens is 647 g/mol. The van der Waals surface area contributed by atoms with Crippen LogP contribution in [0.2, 0.25) is 0 Å². The summed E-state index contributed by atoms with van der Waals surface area (Å²) in [4.78, 5) is 17.7. The van der Waals surface area contributed by atoms with Crippen LogP contribution >= 0.6 is 0 Å². The van der Waals surface area contributed by atoms with Crippen molar-refractivity contribution in [2.75, 3.05) is 50.8 Å². The minimum absolute atomic E-state index is 0.108. The number of aromatic hydroxyl groups is 1. The number of nitrogens with zero attached hydrogens (tertiary/aromatic N) is 5. The van der Waals surface area contributed by atoms with E-state index in [0.29, 0.717) is 61.1 Å². The summed E-state index contributed by atoms with van der Waals surface area (Å²) >= 11 is 0. The quantitative estimate of drug-likeness (QED) is 0.191. The lowest BCUT2D eigenvalue weighted by atomic mass is 9.93. The van der Waals surface area contributed by atoms with Crippen molar-refractivity contribution in [3.8, 4) is 23.0 Å². The predicted octanol–water partition coefficient (Wildman–Crippen LogP) is 6.14. The van der Waals surface area contributed by atoms with Gasteiger partial charge in [-0.3, -0.25) is 9.88 Å². The van der Waals surface area contributed by atoms with Crippen molar-refractivity contribution in [1.29, 1.82) is 0 Å². The number of aromatic nitrogens is 3. The molecule has 0 spiro atoms. The third-order valence-electron chi connectivity index (χ3n) is 10.5. The second-order valence-electron chi connectivity index (χ2n) is 13.4. The molecule has 3 atom stereocenters. The number of alkyl halides is 3. The van der Waals surface area contributed by atoms with Crippen LogP contribution in [0, 0.1) is 11.6 Å². The van der Waals surface area contributed by atoms with Gasteiger partial charge in [0.1, 0.15) is 41.4 Å². The van der Waals surface area contributed by atoms with Gasteiger partial charge in [-0.25, -0.2) is 13.2 Å². The van der Waals surface area contributed by atoms with Crippen LogP contribution < -0.4 is 15.0 Å². The van der Waals surface area contributed by atoms with E-state index >= 15 is 4.39 Å². The van der Waals surface area contributed by atoms with Gasteiger partial charge in [0.2, 0.25) is 0 Å². The minimum atomic E-state index is -2.94. The number of phenolic OH excluding ortho intramolecular Hbond substituents is 1. The molecule has 9 nitrogen and oxygen atoms in total. The van der Waals surface area contributed by atoms with Crippen LogP contribution in [0.1, 0.15) is 45.1 Å². The number of benzene rings is 2. The largest absolute Gasteiger partial charge is 0.508 e. The van der Waals surface area contributed by atoms with Gasteiger partial charge in [-0.15, -0.1) is 0 Å². The summed E-state index contributed by atoms with van der Waals surface area (Å²) in [6.45, 7) is 2.68. The van der Waals surface area contributed by atoms with Gasteiger partial charge in [0.05, 0.1) is 23.1 Å². The molecule has 3 aliphatic rings. The number of phenols is 1. The maximum atomic E-state index is 16.9. The fourth-order valence-corrected chi connectivity index (χ4v) is 7.99. The fraction of sp³-hybridized carbons (Fsp3) is 0.514. The molecule has 2 aromatic heterocycles. The highest BCUT2D eigenvalue weighted by Crippen LogP contribution is 2.42. The minimum Gasteiger partial charge on any atom is -0.508 e. The average molecular weight is 687 g/mol. The number of aryl methyl sites for hydroxylation is 1. The van der Waals surface area contributed by atoms with Crippen LogP contribution in [0.25, 0.3) is 32.9 Å². The number of piperazine rings is 1. The standard InChI is InChI=1S/C35H39F5N6O3/c1-3-23-26(37)7-6-20-12-22(47)13-24(27(20)23)29-28(38)30-25(15-41-29)31(45-11-9-42-34(4-2,17-45)18-48-32(39)40)44-33(43-30)49-19-35-8-5-10-46(35)16-21(36)14-35/h6-7,12-13,15,21,32,42,47H,3-5,8-11,14,16-19H2,1-2H3/t21-,34-,35+/m1/s1. The van der Waals surface area contributed by atoms with Crippen LogP contribution in [-0.2, 0) is 11.2 Å². The smallest absolute Gasteiger partial charge is 0.345 e. The zero-order valence-electron chi connectivity index (χ0n) is 27.4. The highest BCUT2D eigenvalue weighted by Gasteiger charge is 2.49. The number of hydrogen-bond donors (Lipinski definition) is 2. The molecule has 0 bridgehead atoms. The number of rotatable bonds is 10. The number of halogens is 5. The van der Waals surface area contributed by atoms with Gasteiger partial charge < -0.3 is 24.8 Å². The van der Waals surface area contributed by atoms with Crippen LogP contribution in [0.15, 0.2) is 30.5 Å². The molecule has 3 saturated heterocycles. The zero-order chi connectivity index (χ0) is 34.5. The van der Waals surface area contributed by atoms with E-state index in [1.54, 1.807) is 6.92 Å². The number of hydrogen-bond acceptors (Lipinski definition) is 9. The lowest BCUT2D eigenvalue weighted by Crippen LogP contribution is -2.63. The van der Waals surface area contributed by atoms with Gasteiger partial charge in [-0.05, 0) is 66.8 Å². The van der Waals surface area contributed by atoms with Crippen molar-refractivity contribution < 1.29 is 36.5 Å². The Hall–Kier alpha value is -3.88. The average Bonchev–Trinajstić information content (AvgIpc) is 3.62. The Labute approximate surface area is 280 Å². The number of nitrogens with one attached hydrogen (secondary N) is 1. The van der Waals surface area contributed by atoms with E-state index in [9.17, 15) is 22.7 Å². The van der Waals surface area contributed by atoms with Crippen molar-refractivity contribution in [3.63, 3.8) is 0 Å². The first-order valence-corrected chi connectivity index (χ1v) is 16.8. The van der Waals surface area contributed by atoms with Crippen molar-refractivity contribution in [2.24, 2.45) is 0 Å². The molecule has 7 rings (SSSR count). The Morgan fingerprint density at radius 3 is 2.73 bits per heavy atom. The number of pyridine rings is 1. The van der Waals surface area contributed by atoms with E-state index in [2.05, 4.69) is 20.2 Å². The molecule has 0 saturated carbocycles. The first-order chi connectivity index (χ1) is 23.5. The molecule has 2 N–H and O–H groups in total. The number of ether oxygens (including phenoxy) is 2. The lowest BCUT2D eigenvalue weighted by molar-refractivity contribution is -0.144. The van der Waals surface area contributed by atoms with Crippen molar-refractivity contribution >= 4 is 27.5 Å². The number of fused-ring (bicyclic) bond motifs is 3. The maximum absolute atomic E-state index is 16.9. The normalized spacial score (nSPS) is 24.4. The zero-order valence-corrected chi connectivity index (χ0v) is 27.4. The molecule has 2 aromatic carbocycles. The molecule has 0 radical (unpaired) electrons. The molecule has 14 heteroatoms. The van der Waals surface area contributed by atoms with E-state index in [4.69, 9.17) is 14.5 Å². The molecule has 0 aliphatic carbocycles. The van der Waals surface area contributed by atoms with Gasteiger partial charge >= 0.3 is 12.6 Å². The molecule has 262 valence electrons. The fourth-order valence-electron chi connectivity index (χ4n) is 7.99. The van der Waals surface area contributed by atoms with Crippen LogP contribution in [-0.4, -0.2) is 94.8 Å². The third kappa shape index (κ3) is 6.12. The van der Waals surface area contributed by atoms with Crippen LogP contribution in [0.4, 0.5) is 27.8 Å². The summed E-state index contributed by atoms with van der Waals surface area (Å²) in [6.07, 6.45) is 3.20. The molecule has 3 fully saturated rings. The molecule has 49 heavy (non-hydrogen) atoms. The van der Waals surface area contributed by atoms with Crippen LogP contribution in [0.5, 0.6) is 11.8 Å². The van der Waals surface area contributed by atoms with E-state index < -0.39 is 35.5 Å². The second-order valence-corrected chi connectivity index (χ2v) is 13.4. The van der Waals surface area contributed by atoms with E-state index in [0.717, 1.165) is 19.4 Å². The Kier molecular flexibility index (Phi) is 8.99. The van der Waals surface area contributed by atoms with Crippen molar-refractivity contribution in [1.82, 2.24) is 25.2 Å². The summed E-state index contributed by atoms with van der Waals surface area (Å²) in [5, 5.41) is 15.1. The Bertz CT molecular complexity index is 1880. The highest BCUT2D eigenvalue weighted by molar-refractivity contribution is 6.01. The third-order valence-corrected chi connectivity index (χ3v) is 10.5. The van der Waals surface area contributed by atoms with Crippen molar-refractivity contribution in [3.05, 3.63) is 47.7 Å². The Morgan fingerprint density at radius 1 is 1.12 bits per heavy atom. The summed E-state index contributed by atoms with van der Waals surface area (Å²) in [7, 11) is 0. The first kappa shape index (κ1) is 33.6. The molecule has 0 unspecified atom stereocenters.